The number of nitrogens with zero attached hydrogens (tertiary/aromatic N) is 2. The van der Waals surface area contributed by atoms with Gasteiger partial charge in [0, 0.05) is 28.0 Å². The van der Waals surface area contributed by atoms with Crippen LogP contribution >= 0.6 is 11.6 Å². The first-order valence-electron chi connectivity index (χ1n) is 9.79. The summed E-state index contributed by atoms with van der Waals surface area (Å²) in [5.41, 5.74) is 8.80. The van der Waals surface area contributed by atoms with E-state index in [-0.39, 0.29) is 17.1 Å². The van der Waals surface area contributed by atoms with Gasteiger partial charge in [-0.05, 0) is 49.4 Å². The Kier molecular flexibility index (Phi) is 6.23. The van der Waals surface area contributed by atoms with Crippen molar-refractivity contribution in [2.45, 2.75) is 6.92 Å². The zero-order valence-corrected chi connectivity index (χ0v) is 17.9. The predicted molar refractivity (Wildman–Crippen MR) is 124 cm³/mol. The molecule has 32 heavy (non-hydrogen) atoms. The molecular weight excluding hydrogens is 430 g/mol. The van der Waals surface area contributed by atoms with Crippen molar-refractivity contribution in [1.82, 2.24) is 9.97 Å². The maximum absolute atomic E-state index is 12.9. The lowest BCUT2D eigenvalue weighted by molar-refractivity contribution is 0.102. The summed E-state index contributed by atoms with van der Waals surface area (Å²) in [6, 6.07) is 15.9. The Morgan fingerprint density at radius 2 is 1.97 bits per heavy atom. The minimum Gasteiger partial charge on any atom is -0.477 e. The lowest BCUT2D eigenvalue weighted by Crippen LogP contribution is -2.17. The molecule has 0 radical (unpaired) electrons. The van der Waals surface area contributed by atoms with Gasteiger partial charge in [-0.1, -0.05) is 17.7 Å². The average Bonchev–Trinajstić information content (AvgIpc) is 3.29. The monoisotopic (exact) mass is 449 g/mol. The molecule has 0 aliphatic heterocycles. The van der Waals surface area contributed by atoms with Gasteiger partial charge in [-0.2, -0.15) is 4.98 Å². The lowest BCUT2D eigenvalue weighted by atomic mass is 10.1. The Hall–Kier alpha value is -4.04. The second kappa shape index (κ2) is 9.40. The molecule has 4 rings (SSSR count). The molecule has 1 amide bonds. The maximum atomic E-state index is 12.9. The van der Waals surface area contributed by atoms with E-state index in [1.54, 1.807) is 43.5 Å². The largest absolute Gasteiger partial charge is 0.477 e. The van der Waals surface area contributed by atoms with Gasteiger partial charge in [0.1, 0.15) is 11.4 Å². The van der Waals surface area contributed by atoms with Gasteiger partial charge in [0.15, 0.2) is 12.2 Å². The smallest absolute Gasteiger partial charge is 0.263 e. The highest BCUT2D eigenvalue weighted by atomic mass is 35.5. The van der Waals surface area contributed by atoms with Crippen LogP contribution in [0.25, 0.3) is 11.3 Å². The van der Waals surface area contributed by atoms with Gasteiger partial charge in [0.25, 0.3) is 5.91 Å². The number of pyridine rings is 1. The van der Waals surface area contributed by atoms with Crippen LogP contribution in [-0.4, -0.2) is 22.5 Å². The van der Waals surface area contributed by atoms with Crippen molar-refractivity contribution >= 4 is 40.4 Å². The summed E-state index contributed by atoms with van der Waals surface area (Å²) in [7, 11) is 0. The number of ether oxygens (including phenoxy) is 1. The van der Waals surface area contributed by atoms with E-state index >= 15 is 0 Å². The summed E-state index contributed by atoms with van der Waals surface area (Å²) in [4.78, 5) is 21.2. The predicted octanol–water partition coefficient (Wildman–Crippen LogP) is 5.37. The Morgan fingerprint density at radius 3 is 2.66 bits per heavy atom. The van der Waals surface area contributed by atoms with E-state index in [1.807, 2.05) is 24.3 Å². The standard InChI is InChI=1S/C23H20ClN5O3/c1-2-31-23-21(22(30)28-17-5-3-4-15(24)10-17)18(25)11-20(29-23)27-16-8-6-14(7-9-16)19-12-26-13-32-19/h3-13H,2H2,1H3,(H,28,30)(H3,25,27,29). The molecule has 8 nitrogen and oxygen atoms in total. The van der Waals surface area contributed by atoms with Crippen LogP contribution in [0, 0.1) is 0 Å². The third-order valence-corrected chi connectivity index (χ3v) is 4.72. The summed E-state index contributed by atoms with van der Waals surface area (Å²) < 4.78 is 10.9. The number of anilines is 4. The summed E-state index contributed by atoms with van der Waals surface area (Å²) in [6.07, 6.45) is 3.03. The molecule has 0 atom stereocenters. The molecule has 0 saturated heterocycles. The van der Waals surface area contributed by atoms with Crippen LogP contribution in [0.15, 0.2) is 71.6 Å². The van der Waals surface area contributed by atoms with E-state index in [0.29, 0.717) is 28.9 Å². The first-order chi connectivity index (χ1) is 15.5. The highest BCUT2D eigenvalue weighted by Crippen LogP contribution is 2.29. The number of benzene rings is 2. The number of amides is 1. The Morgan fingerprint density at radius 1 is 1.16 bits per heavy atom. The van der Waals surface area contributed by atoms with Crippen molar-refractivity contribution < 1.29 is 13.9 Å². The van der Waals surface area contributed by atoms with E-state index < -0.39 is 5.91 Å². The van der Waals surface area contributed by atoms with Gasteiger partial charge >= 0.3 is 0 Å². The minimum absolute atomic E-state index is 0.132. The number of aromatic nitrogens is 2. The van der Waals surface area contributed by atoms with Crippen LogP contribution in [0.3, 0.4) is 0 Å². The van der Waals surface area contributed by atoms with Crippen LogP contribution < -0.4 is 21.1 Å². The van der Waals surface area contributed by atoms with E-state index in [0.717, 1.165) is 11.3 Å². The summed E-state index contributed by atoms with van der Waals surface area (Å²) in [5.74, 6) is 0.807. The number of oxazole rings is 1. The summed E-state index contributed by atoms with van der Waals surface area (Å²) in [5, 5.41) is 6.45. The molecule has 4 aromatic rings. The number of carbonyl (C=O) groups is 1. The van der Waals surface area contributed by atoms with Crippen LogP contribution in [0.2, 0.25) is 5.02 Å². The van der Waals surface area contributed by atoms with Crippen LogP contribution in [0.5, 0.6) is 5.88 Å². The van der Waals surface area contributed by atoms with Crippen molar-refractivity contribution in [3.8, 4) is 17.2 Å². The topological polar surface area (TPSA) is 115 Å². The fourth-order valence-corrected chi connectivity index (χ4v) is 3.25. The second-order valence-electron chi connectivity index (χ2n) is 6.74. The van der Waals surface area contributed by atoms with Gasteiger partial charge in [-0.15, -0.1) is 0 Å². The molecule has 162 valence electrons. The first kappa shape index (κ1) is 21.2. The van der Waals surface area contributed by atoms with Gasteiger partial charge < -0.3 is 25.5 Å². The highest BCUT2D eigenvalue weighted by Gasteiger charge is 2.20. The molecule has 4 N–H and O–H groups in total. The van der Waals surface area contributed by atoms with Crippen molar-refractivity contribution in [1.29, 1.82) is 0 Å². The quantitative estimate of drug-likeness (QED) is 0.347. The number of rotatable bonds is 7. The molecule has 0 saturated carbocycles. The van der Waals surface area contributed by atoms with Crippen LogP contribution in [0.1, 0.15) is 17.3 Å². The summed E-state index contributed by atoms with van der Waals surface area (Å²) >= 11 is 5.99. The fourth-order valence-electron chi connectivity index (χ4n) is 3.06. The molecule has 0 spiro atoms. The molecule has 0 aliphatic rings. The number of hydrogen-bond acceptors (Lipinski definition) is 7. The SMILES string of the molecule is CCOc1nc(Nc2ccc(-c3cnco3)cc2)cc(N)c1C(=O)Nc1cccc(Cl)c1. The van der Waals surface area contributed by atoms with Crippen LogP contribution in [-0.2, 0) is 0 Å². The Labute approximate surface area is 189 Å². The number of nitrogens with two attached hydrogens (primary N) is 1. The maximum Gasteiger partial charge on any atom is 0.263 e. The van der Waals surface area contributed by atoms with Crippen molar-refractivity contribution in [2.24, 2.45) is 0 Å². The zero-order chi connectivity index (χ0) is 22.5. The number of hydrogen-bond donors (Lipinski definition) is 3. The molecule has 2 aromatic carbocycles. The molecule has 9 heteroatoms. The van der Waals surface area contributed by atoms with E-state index in [9.17, 15) is 4.79 Å². The molecule has 0 fully saturated rings. The molecule has 0 bridgehead atoms. The lowest BCUT2D eigenvalue weighted by Gasteiger charge is -2.15. The molecule has 0 unspecified atom stereocenters. The van der Waals surface area contributed by atoms with Crippen molar-refractivity contribution in [3.63, 3.8) is 0 Å². The summed E-state index contributed by atoms with van der Waals surface area (Å²) in [6.45, 7) is 2.12. The fraction of sp³-hybridized carbons (Fsp3) is 0.0870. The second-order valence-corrected chi connectivity index (χ2v) is 7.18. The van der Waals surface area contributed by atoms with Gasteiger partial charge in [0.2, 0.25) is 5.88 Å². The Bertz CT molecular complexity index is 1230. The third kappa shape index (κ3) is 4.81. The molecule has 0 aliphatic carbocycles. The van der Waals surface area contributed by atoms with Crippen molar-refractivity contribution in [2.75, 3.05) is 23.0 Å². The number of nitrogens with one attached hydrogen (secondary N) is 2. The van der Waals surface area contributed by atoms with Crippen molar-refractivity contribution in [3.05, 3.63) is 77.8 Å². The zero-order valence-electron chi connectivity index (χ0n) is 17.1. The molecular formula is C23H20ClN5O3. The van der Waals surface area contributed by atoms with E-state index in [2.05, 4.69) is 20.6 Å². The van der Waals surface area contributed by atoms with Gasteiger partial charge in [-0.25, -0.2) is 4.98 Å². The average molecular weight is 450 g/mol. The normalized spacial score (nSPS) is 10.6. The van der Waals surface area contributed by atoms with Crippen LogP contribution in [0.4, 0.5) is 22.9 Å². The van der Waals surface area contributed by atoms with Gasteiger partial charge in [-0.3, -0.25) is 4.79 Å². The number of carbonyl (C=O) groups excluding carboxylic acids is 1. The third-order valence-electron chi connectivity index (χ3n) is 4.48. The molecule has 2 heterocycles. The highest BCUT2D eigenvalue weighted by molar-refractivity contribution is 6.31. The molecule has 2 aromatic heterocycles. The van der Waals surface area contributed by atoms with Gasteiger partial charge in [0.05, 0.1) is 18.5 Å². The number of halogens is 1. The number of nitrogen functional groups attached to an aromatic ring is 1. The Balaban J connectivity index is 1.57. The van der Waals surface area contributed by atoms with E-state index in [4.69, 9.17) is 26.5 Å². The minimum atomic E-state index is -0.441. The first-order valence-corrected chi connectivity index (χ1v) is 10.2. The van der Waals surface area contributed by atoms with E-state index in [1.165, 1.54) is 6.39 Å².